The molecule has 4 nitrogen and oxygen atoms in total. The molecule has 7 heteroatoms. The average molecular weight is 374 g/mol. The maximum absolute atomic E-state index is 5.96. The number of oxazole rings is 1. The minimum absolute atomic E-state index is 0.623. The third kappa shape index (κ3) is 3.56. The molecule has 0 saturated heterocycles. The Bertz CT molecular complexity index is 968. The largest absolute Gasteiger partial charge is 0.431 e. The second-order valence-electron chi connectivity index (χ2n) is 5.02. The van der Waals surface area contributed by atoms with Gasteiger partial charge in [-0.2, -0.15) is 0 Å². The number of rotatable bonds is 5. The summed E-state index contributed by atoms with van der Waals surface area (Å²) in [5, 5.41) is 7.48. The van der Waals surface area contributed by atoms with Crippen molar-refractivity contribution in [3.8, 4) is 0 Å². The number of hydrogen-bond acceptors (Lipinski definition) is 6. The van der Waals surface area contributed by atoms with Crippen LogP contribution in [0.15, 0.2) is 63.6 Å². The number of para-hydroxylation sites is 1. The highest BCUT2D eigenvalue weighted by atomic mass is 35.5. The summed E-state index contributed by atoms with van der Waals surface area (Å²) in [5.41, 5.74) is 3.53. The van der Waals surface area contributed by atoms with E-state index in [-0.39, 0.29) is 0 Å². The molecule has 0 spiro atoms. The molecule has 0 amide bonds. The lowest BCUT2D eigenvalue weighted by Gasteiger charge is -2.00. The Morgan fingerprint density at radius 3 is 2.88 bits per heavy atom. The number of nitrogens with one attached hydrogen (secondary N) is 1. The van der Waals surface area contributed by atoms with Crippen LogP contribution >= 0.6 is 34.7 Å². The zero-order chi connectivity index (χ0) is 16.4. The molecule has 0 aliphatic heterocycles. The molecule has 2 heterocycles. The molecular weight excluding hydrogens is 362 g/mol. The van der Waals surface area contributed by atoms with Crippen LogP contribution in [0.4, 0.5) is 10.8 Å². The minimum atomic E-state index is 0.623. The lowest BCUT2D eigenvalue weighted by atomic mass is 10.3. The molecular formula is C17H12ClN3OS2. The molecule has 0 unspecified atom stereocenters. The van der Waals surface area contributed by atoms with E-state index >= 15 is 0 Å². The van der Waals surface area contributed by atoms with Gasteiger partial charge in [-0.3, -0.25) is 0 Å². The summed E-state index contributed by atoms with van der Waals surface area (Å²) in [4.78, 5) is 9.03. The predicted octanol–water partition coefficient (Wildman–Crippen LogP) is 5.97. The van der Waals surface area contributed by atoms with Crippen molar-refractivity contribution >= 4 is 56.6 Å². The van der Waals surface area contributed by atoms with Crippen molar-refractivity contribution in [1.82, 2.24) is 9.97 Å². The van der Waals surface area contributed by atoms with Crippen molar-refractivity contribution in [2.45, 2.75) is 11.0 Å². The Hall–Kier alpha value is -2.02. The van der Waals surface area contributed by atoms with Gasteiger partial charge in [0.2, 0.25) is 0 Å². The van der Waals surface area contributed by atoms with Crippen LogP contribution in [0.2, 0.25) is 5.02 Å². The lowest BCUT2D eigenvalue weighted by molar-refractivity contribution is 0.489. The number of thioether (sulfide) groups is 1. The molecule has 24 heavy (non-hydrogen) atoms. The first kappa shape index (κ1) is 15.5. The monoisotopic (exact) mass is 373 g/mol. The average Bonchev–Trinajstić information content (AvgIpc) is 3.20. The van der Waals surface area contributed by atoms with Gasteiger partial charge in [0, 0.05) is 27.9 Å². The van der Waals surface area contributed by atoms with E-state index in [2.05, 4.69) is 15.3 Å². The van der Waals surface area contributed by atoms with Crippen LogP contribution in [-0.2, 0) is 5.75 Å². The molecule has 2 aromatic carbocycles. The quantitative estimate of drug-likeness (QED) is 0.436. The van der Waals surface area contributed by atoms with Gasteiger partial charge >= 0.3 is 0 Å². The Morgan fingerprint density at radius 1 is 1.12 bits per heavy atom. The van der Waals surface area contributed by atoms with Gasteiger partial charge in [0.25, 0.3) is 5.22 Å². The van der Waals surface area contributed by atoms with Gasteiger partial charge in [-0.1, -0.05) is 41.6 Å². The molecule has 0 radical (unpaired) electrons. The van der Waals surface area contributed by atoms with Crippen LogP contribution < -0.4 is 5.32 Å². The molecule has 1 N–H and O–H groups in total. The second-order valence-corrected chi connectivity index (χ2v) is 7.24. The Morgan fingerprint density at radius 2 is 2.00 bits per heavy atom. The number of aromatic nitrogens is 2. The number of thiazole rings is 1. The van der Waals surface area contributed by atoms with Gasteiger partial charge < -0.3 is 9.73 Å². The number of hydrogen-bond donors (Lipinski definition) is 1. The SMILES string of the molecule is Clc1ccc2nc(SCc3csc(Nc4ccccc4)n3)oc2c1. The van der Waals surface area contributed by atoms with Crippen molar-refractivity contribution in [3.63, 3.8) is 0 Å². The van der Waals surface area contributed by atoms with E-state index in [1.54, 1.807) is 17.4 Å². The fourth-order valence-corrected chi connectivity index (χ4v) is 3.88. The van der Waals surface area contributed by atoms with Gasteiger partial charge in [-0.05, 0) is 24.3 Å². The van der Waals surface area contributed by atoms with Crippen LogP contribution in [0.3, 0.4) is 0 Å². The predicted molar refractivity (Wildman–Crippen MR) is 100 cm³/mol. The third-order valence-electron chi connectivity index (χ3n) is 3.25. The number of halogens is 1. The molecule has 2 aromatic heterocycles. The summed E-state index contributed by atoms with van der Waals surface area (Å²) in [6, 6.07) is 15.4. The smallest absolute Gasteiger partial charge is 0.257 e. The van der Waals surface area contributed by atoms with Crippen LogP contribution in [-0.4, -0.2) is 9.97 Å². The van der Waals surface area contributed by atoms with E-state index in [4.69, 9.17) is 16.0 Å². The summed E-state index contributed by atoms with van der Waals surface area (Å²) in [7, 11) is 0. The number of benzene rings is 2. The van der Waals surface area contributed by atoms with Crippen molar-refractivity contribution in [1.29, 1.82) is 0 Å². The fraction of sp³-hybridized carbons (Fsp3) is 0.0588. The van der Waals surface area contributed by atoms with Crippen molar-refractivity contribution < 1.29 is 4.42 Å². The minimum Gasteiger partial charge on any atom is -0.431 e. The zero-order valence-electron chi connectivity index (χ0n) is 12.4. The second kappa shape index (κ2) is 6.84. The molecule has 120 valence electrons. The molecule has 4 aromatic rings. The van der Waals surface area contributed by atoms with Crippen LogP contribution in [0.1, 0.15) is 5.69 Å². The van der Waals surface area contributed by atoms with Crippen LogP contribution in [0.25, 0.3) is 11.1 Å². The van der Waals surface area contributed by atoms with E-state index in [9.17, 15) is 0 Å². The Kier molecular flexibility index (Phi) is 4.42. The van der Waals surface area contributed by atoms with Gasteiger partial charge in [0.1, 0.15) is 5.52 Å². The van der Waals surface area contributed by atoms with E-state index in [0.29, 0.717) is 21.6 Å². The molecule has 0 atom stereocenters. The zero-order valence-corrected chi connectivity index (χ0v) is 14.8. The Balaban J connectivity index is 1.42. The summed E-state index contributed by atoms with van der Waals surface area (Å²) in [5.74, 6) is 0.702. The van der Waals surface area contributed by atoms with E-state index < -0.39 is 0 Å². The molecule has 0 aliphatic rings. The van der Waals surface area contributed by atoms with Crippen LogP contribution in [0.5, 0.6) is 0 Å². The van der Waals surface area contributed by atoms with E-state index in [1.807, 2.05) is 47.8 Å². The van der Waals surface area contributed by atoms with Gasteiger partial charge in [0.05, 0.1) is 5.69 Å². The van der Waals surface area contributed by atoms with Crippen molar-refractivity contribution in [2.24, 2.45) is 0 Å². The number of anilines is 2. The molecule has 0 bridgehead atoms. The van der Waals surface area contributed by atoms with Crippen molar-refractivity contribution in [2.75, 3.05) is 5.32 Å². The Labute approximate surface area is 151 Å². The highest BCUT2D eigenvalue weighted by Crippen LogP contribution is 2.29. The first-order valence-corrected chi connectivity index (χ1v) is 9.46. The number of fused-ring (bicyclic) bond motifs is 1. The molecule has 0 saturated carbocycles. The number of nitrogens with zero attached hydrogens (tertiary/aromatic N) is 2. The first-order chi connectivity index (χ1) is 11.8. The summed E-state index contributed by atoms with van der Waals surface area (Å²) < 4.78 is 5.70. The van der Waals surface area contributed by atoms with E-state index in [0.717, 1.165) is 22.0 Å². The highest BCUT2D eigenvalue weighted by molar-refractivity contribution is 7.98. The molecule has 4 rings (SSSR count). The van der Waals surface area contributed by atoms with E-state index in [1.165, 1.54) is 11.8 Å². The normalized spacial score (nSPS) is 11.0. The molecule has 0 aliphatic carbocycles. The highest BCUT2D eigenvalue weighted by Gasteiger charge is 2.09. The maximum atomic E-state index is 5.96. The fourth-order valence-electron chi connectivity index (χ4n) is 2.15. The lowest BCUT2D eigenvalue weighted by Crippen LogP contribution is -1.89. The summed E-state index contributed by atoms with van der Waals surface area (Å²) >= 11 is 9.06. The van der Waals surface area contributed by atoms with Gasteiger partial charge in [0.15, 0.2) is 10.7 Å². The van der Waals surface area contributed by atoms with Gasteiger partial charge in [-0.25, -0.2) is 9.97 Å². The van der Waals surface area contributed by atoms with Crippen LogP contribution in [0, 0.1) is 0 Å². The maximum Gasteiger partial charge on any atom is 0.257 e. The van der Waals surface area contributed by atoms with Gasteiger partial charge in [-0.15, -0.1) is 11.3 Å². The third-order valence-corrected chi connectivity index (χ3v) is 5.15. The topological polar surface area (TPSA) is 51.0 Å². The standard InChI is InChI=1S/C17H12ClN3OS2/c18-11-6-7-14-15(8-11)22-17(21-14)24-10-13-9-23-16(20-13)19-12-4-2-1-3-5-12/h1-9H,10H2,(H,19,20). The first-order valence-electron chi connectivity index (χ1n) is 7.22. The van der Waals surface area contributed by atoms with Crippen molar-refractivity contribution in [3.05, 3.63) is 64.6 Å². The summed E-state index contributed by atoms with van der Waals surface area (Å²) in [6.07, 6.45) is 0. The summed E-state index contributed by atoms with van der Waals surface area (Å²) in [6.45, 7) is 0. The molecule has 0 fully saturated rings.